The highest BCUT2D eigenvalue weighted by atomic mass is 16.5. The Hall–Kier alpha value is -3.00. The summed E-state index contributed by atoms with van der Waals surface area (Å²) in [4.78, 5) is 28.6. The molecule has 0 bridgehead atoms. The number of fused-ring (bicyclic) bond motifs is 1. The van der Waals surface area contributed by atoms with Gasteiger partial charge in [0.15, 0.2) is 11.5 Å². The second-order valence-electron chi connectivity index (χ2n) is 6.83. The molecule has 0 saturated heterocycles. The summed E-state index contributed by atoms with van der Waals surface area (Å²) in [6.45, 7) is 9.05. The molecule has 0 aliphatic heterocycles. The normalized spacial score (nSPS) is 11.1. The fourth-order valence-electron chi connectivity index (χ4n) is 3.29. The number of pyridine rings is 2. The second-order valence-corrected chi connectivity index (χ2v) is 6.83. The maximum absolute atomic E-state index is 13.3. The molecule has 0 unspecified atom stereocenters. The van der Waals surface area contributed by atoms with Crippen LogP contribution in [0.4, 0.5) is 5.82 Å². The van der Waals surface area contributed by atoms with Crippen LogP contribution in [-0.4, -0.2) is 52.9 Å². The number of hydrogen-bond acceptors (Lipinski definition) is 7. The van der Waals surface area contributed by atoms with Crippen LogP contribution in [0.5, 0.6) is 5.88 Å². The molecule has 30 heavy (non-hydrogen) atoms. The standard InChI is InChI=1S/C22H29N5O3/c1-5-11-30-12-10-27-18-13-17(16-8-9-19(29-4)23-14-16)15-24-20(18)25-21(22(27)28)26(6-2)7-3/h8-9,13-15H,5-7,10-12H2,1-4H3. The van der Waals surface area contributed by atoms with Crippen LogP contribution in [0, 0.1) is 0 Å². The van der Waals surface area contributed by atoms with Crippen molar-refractivity contribution in [2.45, 2.75) is 33.7 Å². The van der Waals surface area contributed by atoms with Crippen LogP contribution in [0.25, 0.3) is 22.3 Å². The van der Waals surface area contributed by atoms with Crippen molar-refractivity contribution in [1.82, 2.24) is 19.5 Å². The average Bonchev–Trinajstić information content (AvgIpc) is 2.79. The lowest BCUT2D eigenvalue weighted by molar-refractivity contribution is 0.127. The van der Waals surface area contributed by atoms with E-state index in [4.69, 9.17) is 9.47 Å². The van der Waals surface area contributed by atoms with Crippen molar-refractivity contribution in [3.63, 3.8) is 0 Å². The van der Waals surface area contributed by atoms with Crippen LogP contribution in [0.1, 0.15) is 27.2 Å². The molecule has 3 aromatic rings. The highest BCUT2D eigenvalue weighted by Gasteiger charge is 2.17. The minimum absolute atomic E-state index is 0.127. The van der Waals surface area contributed by atoms with Gasteiger partial charge in [-0.2, -0.15) is 0 Å². The fraction of sp³-hybridized carbons (Fsp3) is 0.455. The van der Waals surface area contributed by atoms with E-state index in [0.29, 0.717) is 55.7 Å². The van der Waals surface area contributed by atoms with Crippen molar-refractivity contribution >= 4 is 17.0 Å². The van der Waals surface area contributed by atoms with E-state index in [1.807, 2.05) is 30.9 Å². The predicted octanol–water partition coefficient (Wildman–Crippen LogP) is 3.13. The summed E-state index contributed by atoms with van der Waals surface area (Å²) in [6, 6.07) is 5.65. The van der Waals surface area contributed by atoms with Gasteiger partial charge in [-0.25, -0.2) is 15.0 Å². The van der Waals surface area contributed by atoms with Crippen LogP contribution in [-0.2, 0) is 11.3 Å². The number of methoxy groups -OCH3 is 1. The molecule has 3 rings (SSSR count). The summed E-state index contributed by atoms with van der Waals surface area (Å²) in [6.07, 6.45) is 4.42. The molecule has 0 atom stereocenters. The Morgan fingerprint density at radius 3 is 2.43 bits per heavy atom. The molecular weight excluding hydrogens is 382 g/mol. The molecule has 0 radical (unpaired) electrons. The molecule has 160 valence electrons. The van der Waals surface area contributed by atoms with Gasteiger partial charge in [0.2, 0.25) is 5.88 Å². The summed E-state index contributed by atoms with van der Waals surface area (Å²) in [5.74, 6) is 0.970. The summed E-state index contributed by atoms with van der Waals surface area (Å²) >= 11 is 0. The number of rotatable bonds is 10. The molecule has 0 aliphatic carbocycles. The van der Waals surface area contributed by atoms with E-state index in [9.17, 15) is 4.79 Å². The van der Waals surface area contributed by atoms with Crippen LogP contribution in [0.3, 0.4) is 0 Å². The molecule has 3 heterocycles. The molecule has 0 spiro atoms. The van der Waals surface area contributed by atoms with Gasteiger partial charge in [-0.15, -0.1) is 0 Å². The lowest BCUT2D eigenvalue weighted by atomic mass is 10.1. The molecule has 0 saturated carbocycles. The minimum Gasteiger partial charge on any atom is -0.481 e. The quantitative estimate of drug-likeness (QED) is 0.474. The lowest BCUT2D eigenvalue weighted by Crippen LogP contribution is -2.34. The highest BCUT2D eigenvalue weighted by molar-refractivity contribution is 5.79. The third kappa shape index (κ3) is 4.59. The number of ether oxygens (including phenoxy) is 2. The number of aromatic nitrogens is 4. The summed E-state index contributed by atoms with van der Waals surface area (Å²) in [7, 11) is 1.58. The van der Waals surface area contributed by atoms with Gasteiger partial charge in [-0.05, 0) is 32.4 Å². The predicted molar refractivity (Wildman–Crippen MR) is 118 cm³/mol. The van der Waals surface area contributed by atoms with Gasteiger partial charge in [0.05, 0.1) is 19.2 Å². The van der Waals surface area contributed by atoms with E-state index < -0.39 is 0 Å². The van der Waals surface area contributed by atoms with E-state index in [1.54, 1.807) is 30.1 Å². The van der Waals surface area contributed by atoms with Gasteiger partial charge in [0.25, 0.3) is 5.56 Å². The molecule has 0 aliphatic rings. The van der Waals surface area contributed by atoms with Crippen molar-refractivity contribution in [3.8, 4) is 17.0 Å². The Kier molecular flexibility index (Phi) is 7.35. The highest BCUT2D eigenvalue weighted by Crippen LogP contribution is 2.23. The summed E-state index contributed by atoms with van der Waals surface area (Å²) in [5.41, 5.74) is 2.84. The van der Waals surface area contributed by atoms with Gasteiger partial charge in [0, 0.05) is 55.8 Å². The molecule has 0 amide bonds. The third-order valence-corrected chi connectivity index (χ3v) is 4.94. The molecule has 8 heteroatoms. The van der Waals surface area contributed by atoms with E-state index in [-0.39, 0.29) is 5.56 Å². The molecular formula is C22H29N5O3. The van der Waals surface area contributed by atoms with E-state index in [2.05, 4.69) is 21.9 Å². The van der Waals surface area contributed by atoms with Crippen molar-refractivity contribution < 1.29 is 9.47 Å². The zero-order valence-corrected chi connectivity index (χ0v) is 18.1. The smallest absolute Gasteiger partial charge is 0.294 e. The van der Waals surface area contributed by atoms with Gasteiger partial charge >= 0.3 is 0 Å². The first-order valence-corrected chi connectivity index (χ1v) is 10.4. The lowest BCUT2D eigenvalue weighted by Gasteiger charge is -2.21. The van der Waals surface area contributed by atoms with E-state index in [1.165, 1.54) is 0 Å². The van der Waals surface area contributed by atoms with Crippen LogP contribution >= 0.6 is 0 Å². The zero-order valence-electron chi connectivity index (χ0n) is 18.1. The summed E-state index contributed by atoms with van der Waals surface area (Å²) in [5, 5.41) is 0. The first-order valence-electron chi connectivity index (χ1n) is 10.4. The Bertz CT molecular complexity index is 1030. The van der Waals surface area contributed by atoms with E-state index >= 15 is 0 Å². The SMILES string of the molecule is CCCOCCn1c(=O)c(N(CC)CC)nc2ncc(-c3ccc(OC)nc3)cc21. The Balaban J connectivity index is 2.10. The molecule has 8 nitrogen and oxygen atoms in total. The zero-order chi connectivity index (χ0) is 21.5. The average molecular weight is 412 g/mol. The van der Waals surface area contributed by atoms with Crippen molar-refractivity contribution in [2.75, 3.05) is 38.3 Å². The number of nitrogens with zero attached hydrogens (tertiary/aromatic N) is 5. The molecule has 0 N–H and O–H groups in total. The maximum atomic E-state index is 13.3. The van der Waals surface area contributed by atoms with Crippen molar-refractivity contribution in [3.05, 3.63) is 40.9 Å². The largest absolute Gasteiger partial charge is 0.481 e. The maximum Gasteiger partial charge on any atom is 0.294 e. The molecule has 0 aromatic carbocycles. The number of hydrogen-bond donors (Lipinski definition) is 0. The van der Waals surface area contributed by atoms with Crippen molar-refractivity contribution in [1.29, 1.82) is 0 Å². The van der Waals surface area contributed by atoms with Gasteiger partial charge in [-0.1, -0.05) is 6.92 Å². The molecule has 0 fully saturated rings. The monoisotopic (exact) mass is 411 g/mol. The van der Waals surface area contributed by atoms with Gasteiger partial charge in [0.1, 0.15) is 0 Å². The van der Waals surface area contributed by atoms with Crippen molar-refractivity contribution in [2.24, 2.45) is 0 Å². The van der Waals surface area contributed by atoms with Crippen LogP contribution in [0.2, 0.25) is 0 Å². The number of anilines is 1. The van der Waals surface area contributed by atoms with E-state index in [0.717, 1.165) is 17.5 Å². The van der Waals surface area contributed by atoms with Crippen LogP contribution < -0.4 is 15.2 Å². The topological polar surface area (TPSA) is 82.4 Å². The van der Waals surface area contributed by atoms with Crippen LogP contribution in [0.15, 0.2) is 35.4 Å². The third-order valence-electron chi connectivity index (χ3n) is 4.94. The first kappa shape index (κ1) is 21.7. The van der Waals surface area contributed by atoms with Gasteiger partial charge < -0.3 is 14.4 Å². The Morgan fingerprint density at radius 1 is 1.03 bits per heavy atom. The van der Waals surface area contributed by atoms with Gasteiger partial charge in [-0.3, -0.25) is 9.36 Å². The first-order chi connectivity index (χ1) is 14.6. The minimum atomic E-state index is -0.127. The Labute approximate surface area is 176 Å². The summed E-state index contributed by atoms with van der Waals surface area (Å²) < 4.78 is 12.5. The second kappa shape index (κ2) is 10.2. The Morgan fingerprint density at radius 2 is 1.80 bits per heavy atom. The molecule has 3 aromatic heterocycles. The fourth-order valence-corrected chi connectivity index (χ4v) is 3.29.